The Kier molecular flexibility index (Phi) is 5.75. The van der Waals surface area contributed by atoms with Gasteiger partial charge in [-0.25, -0.2) is 0 Å². The van der Waals surface area contributed by atoms with Crippen molar-refractivity contribution in [2.45, 2.75) is 0 Å². The normalized spacial score (nSPS) is 11.3. The molecule has 4 heteroatoms. The van der Waals surface area contributed by atoms with Gasteiger partial charge in [0.1, 0.15) is 0 Å². The van der Waals surface area contributed by atoms with E-state index < -0.39 is 0 Å². The summed E-state index contributed by atoms with van der Waals surface area (Å²) in [5, 5.41) is 11.4. The Morgan fingerprint density at radius 1 is 0.381 bits per heavy atom. The average molecular weight is 540 g/mol. The van der Waals surface area contributed by atoms with Gasteiger partial charge in [0.15, 0.2) is 0 Å². The Balaban J connectivity index is 1.18. The van der Waals surface area contributed by atoms with Crippen molar-refractivity contribution in [3.05, 3.63) is 152 Å². The summed E-state index contributed by atoms with van der Waals surface area (Å²) in [6.07, 6.45) is 0. The smallest absolute Gasteiger partial charge is 0.248 e. The molecule has 0 aliphatic carbocycles. The van der Waals surface area contributed by atoms with Crippen LogP contribution in [0.4, 0.5) is 0 Å². The summed E-state index contributed by atoms with van der Waals surface area (Å²) in [7, 11) is 0. The summed E-state index contributed by atoms with van der Waals surface area (Å²) in [5.74, 6) is 0.983. The van der Waals surface area contributed by atoms with Gasteiger partial charge in [-0.2, -0.15) is 0 Å². The Hall–Kier alpha value is -5.74. The molecule has 0 saturated heterocycles. The number of nitrogens with zero attached hydrogens (tertiary/aromatic N) is 3. The van der Waals surface area contributed by atoms with E-state index in [1.807, 2.05) is 24.3 Å². The molecular weight excluding hydrogens is 514 g/mol. The van der Waals surface area contributed by atoms with Gasteiger partial charge in [-0.05, 0) is 76.9 Å². The third-order valence-corrected chi connectivity index (χ3v) is 7.77. The van der Waals surface area contributed by atoms with Crippen LogP contribution in [0.1, 0.15) is 0 Å². The van der Waals surface area contributed by atoms with E-state index in [-0.39, 0.29) is 0 Å². The second-order valence-electron chi connectivity index (χ2n) is 10.4. The molecule has 198 valence electrons. The first-order chi connectivity index (χ1) is 20.8. The van der Waals surface area contributed by atoms with Crippen molar-refractivity contribution < 1.29 is 4.42 Å². The van der Waals surface area contributed by atoms with Crippen LogP contribution in [-0.4, -0.2) is 14.8 Å². The minimum absolute atomic E-state index is 0.491. The molecule has 6 aromatic carbocycles. The lowest BCUT2D eigenvalue weighted by atomic mass is 9.96. The van der Waals surface area contributed by atoms with E-state index in [1.165, 1.54) is 21.8 Å². The quantitative estimate of drug-likeness (QED) is 0.219. The first-order valence-electron chi connectivity index (χ1n) is 14.0. The first kappa shape index (κ1) is 24.1. The van der Waals surface area contributed by atoms with Crippen molar-refractivity contribution in [1.29, 1.82) is 0 Å². The predicted octanol–water partition coefficient (Wildman–Crippen LogP) is 9.83. The molecule has 0 aliphatic rings. The van der Waals surface area contributed by atoms with Crippen LogP contribution in [0.2, 0.25) is 0 Å². The van der Waals surface area contributed by atoms with E-state index in [0.717, 1.165) is 39.1 Å². The molecule has 0 fully saturated rings. The fourth-order valence-electron chi connectivity index (χ4n) is 5.76. The van der Waals surface area contributed by atoms with Crippen LogP contribution in [0.25, 0.3) is 72.7 Å². The van der Waals surface area contributed by atoms with Gasteiger partial charge in [-0.3, -0.25) is 0 Å². The van der Waals surface area contributed by atoms with E-state index in [0.29, 0.717) is 11.8 Å². The molecule has 8 aromatic rings. The molecule has 0 amide bonds. The fraction of sp³-hybridized carbons (Fsp3) is 0. The van der Waals surface area contributed by atoms with E-state index in [9.17, 15) is 0 Å². The summed E-state index contributed by atoms with van der Waals surface area (Å²) < 4.78 is 8.58. The molecule has 0 N–H and O–H groups in total. The molecule has 0 saturated carbocycles. The van der Waals surface area contributed by atoms with Crippen LogP contribution in [0.5, 0.6) is 0 Å². The molecule has 0 unspecified atom stereocenters. The van der Waals surface area contributed by atoms with E-state index in [1.54, 1.807) is 0 Å². The Bertz CT molecular complexity index is 2070. The zero-order chi connectivity index (χ0) is 27.9. The summed E-state index contributed by atoms with van der Waals surface area (Å²) in [6.45, 7) is 0. The van der Waals surface area contributed by atoms with Gasteiger partial charge >= 0.3 is 0 Å². The SMILES string of the molecule is c1ccc(-c2cc(-c3ccccc3)cc(-c3nnc(-c4ccc(-n5c6ccccc6c6ccccc65)cc4)o3)c2)cc1. The topological polar surface area (TPSA) is 43.9 Å². The second kappa shape index (κ2) is 10.0. The molecule has 4 nitrogen and oxygen atoms in total. The lowest BCUT2D eigenvalue weighted by Crippen LogP contribution is -1.93. The van der Waals surface area contributed by atoms with Gasteiger partial charge in [0.05, 0.1) is 11.0 Å². The number of aromatic nitrogens is 3. The van der Waals surface area contributed by atoms with Crippen molar-refractivity contribution >= 4 is 21.8 Å². The zero-order valence-corrected chi connectivity index (χ0v) is 22.7. The molecule has 0 atom stereocenters. The second-order valence-corrected chi connectivity index (χ2v) is 10.4. The Labute approximate surface area is 243 Å². The highest BCUT2D eigenvalue weighted by molar-refractivity contribution is 6.09. The zero-order valence-electron chi connectivity index (χ0n) is 22.7. The molecule has 2 heterocycles. The summed E-state index contributed by atoms with van der Waals surface area (Å²) >= 11 is 0. The van der Waals surface area contributed by atoms with Crippen molar-refractivity contribution in [3.63, 3.8) is 0 Å². The summed E-state index contributed by atoms with van der Waals surface area (Å²) in [5.41, 5.74) is 9.67. The van der Waals surface area contributed by atoms with E-state index in [4.69, 9.17) is 4.42 Å². The van der Waals surface area contributed by atoms with Crippen LogP contribution in [0.3, 0.4) is 0 Å². The van der Waals surface area contributed by atoms with Gasteiger partial charge in [-0.15, -0.1) is 10.2 Å². The highest BCUT2D eigenvalue weighted by Gasteiger charge is 2.15. The summed E-state index contributed by atoms with van der Waals surface area (Å²) in [6, 6.07) is 52.5. The van der Waals surface area contributed by atoms with Crippen molar-refractivity contribution in [1.82, 2.24) is 14.8 Å². The maximum Gasteiger partial charge on any atom is 0.248 e. The number of rotatable bonds is 5. The van der Waals surface area contributed by atoms with Crippen LogP contribution in [0, 0.1) is 0 Å². The first-order valence-corrected chi connectivity index (χ1v) is 14.0. The molecule has 8 rings (SSSR count). The number of fused-ring (bicyclic) bond motifs is 3. The number of benzene rings is 6. The predicted molar refractivity (Wildman–Crippen MR) is 170 cm³/mol. The van der Waals surface area contributed by atoms with Crippen molar-refractivity contribution in [2.24, 2.45) is 0 Å². The highest BCUT2D eigenvalue weighted by atomic mass is 16.4. The molecule has 0 bridgehead atoms. The van der Waals surface area contributed by atoms with Crippen LogP contribution < -0.4 is 0 Å². The van der Waals surface area contributed by atoms with Crippen molar-refractivity contribution in [3.8, 4) is 50.8 Å². The number of hydrogen-bond donors (Lipinski definition) is 0. The molecular formula is C38H25N3O. The van der Waals surface area contributed by atoms with E-state index >= 15 is 0 Å². The minimum atomic E-state index is 0.491. The van der Waals surface area contributed by atoms with Gasteiger partial charge < -0.3 is 8.98 Å². The number of hydrogen-bond acceptors (Lipinski definition) is 3. The third kappa shape index (κ3) is 4.18. The Morgan fingerprint density at radius 3 is 1.38 bits per heavy atom. The van der Waals surface area contributed by atoms with E-state index in [2.05, 4.69) is 142 Å². The molecule has 0 aliphatic heterocycles. The largest absolute Gasteiger partial charge is 0.416 e. The van der Waals surface area contributed by atoms with Gasteiger partial charge in [-0.1, -0.05) is 97.1 Å². The number of para-hydroxylation sites is 2. The maximum atomic E-state index is 6.28. The van der Waals surface area contributed by atoms with Crippen LogP contribution in [0.15, 0.2) is 156 Å². The van der Waals surface area contributed by atoms with Gasteiger partial charge in [0, 0.05) is 27.6 Å². The third-order valence-electron chi connectivity index (χ3n) is 7.77. The standard InChI is InChI=1S/C38H25N3O/c1-3-11-26(12-4-1)29-23-30(27-13-5-2-6-14-27)25-31(24-29)38-40-39-37(42-38)28-19-21-32(22-20-28)41-35-17-9-7-15-33(35)34-16-8-10-18-36(34)41/h1-25H. The molecule has 2 aromatic heterocycles. The molecule has 42 heavy (non-hydrogen) atoms. The lowest BCUT2D eigenvalue weighted by Gasteiger charge is -2.09. The highest BCUT2D eigenvalue weighted by Crippen LogP contribution is 2.35. The van der Waals surface area contributed by atoms with Gasteiger partial charge in [0.25, 0.3) is 0 Å². The monoisotopic (exact) mass is 539 g/mol. The molecule has 0 spiro atoms. The van der Waals surface area contributed by atoms with Gasteiger partial charge in [0.2, 0.25) is 11.8 Å². The summed E-state index contributed by atoms with van der Waals surface area (Å²) in [4.78, 5) is 0. The lowest BCUT2D eigenvalue weighted by molar-refractivity contribution is 0.584. The van der Waals surface area contributed by atoms with Crippen LogP contribution >= 0.6 is 0 Å². The fourth-order valence-corrected chi connectivity index (χ4v) is 5.76. The molecule has 0 radical (unpaired) electrons. The van der Waals surface area contributed by atoms with Crippen molar-refractivity contribution in [2.75, 3.05) is 0 Å². The Morgan fingerprint density at radius 2 is 0.833 bits per heavy atom. The average Bonchev–Trinajstić information content (AvgIpc) is 3.69. The maximum absolute atomic E-state index is 6.28. The van der Waals surface area contributed by atoms with Crippen LogP contribution in [-0.2, 0) is 0 Å². The minimum Gasteiger partial charge on any atom is -0.416 e.